The summed E-state index contributed by atoms with van der Waals surface area (Å²) < 4.78 is 5.90. The SMILES string of the molecule is Cc1nc(-c2cc(Br)cs2)no1. The van der Waals surface area contributed by atoms with Crippen LogP contribution in [0.25, 0.3) is 10.7 Å². The minimum Gasteiger partial charge on any atom is -0.339 e. The number of hydrogen-bond donors (Lipinski definition) is 0. The number of hydrogen-bond acceptors (Lipinski definition) is 4. The predicted octanol–water partition coefficient (Wildman–Crippen LogP) is 2.87. The molecular formula is C7H5BrN2OS. The van der Waals surface area contributed by atoms with Crippen molar-refractivity contribution in [2.24, 2.45) is 0 Å². The third kappa shape index (κ3) is 1.42. The molecule has 0 radical (unpaired) electrons. The molecule has 2 heterocycles. The summed E-state index contributed by atoms with van der Waals surface area (Å²) in [5.41, 5.74) is 0. The molecule has 0 bridgehead atoms. The minimum atomic E-state index is 0.592. The molecule has 0 unspecified atom stereocenters. The number of rotatable bonds is 1. The van der Waals surface area contributed by atoms with Crippen LogP contribution >= 0.6 is 27.3 Å². The second-order valence-electron chi connectivity index (χ2n) is 2.27. The van der Waals surface area contributed by atoms with E-state index >= 15 is 0 Å². The zero-order valence-corrected chi connectivity index (χ0v) is 8.65. The fourth-order valence-electron chi connectivity index (χ4n) is 0.830. The molecule has 5 heteroatoms. The molecule has 0 fully saturated rings. The van der Waals surface area contributed by atoms with Gasteiger partial charge < -0.3 is 4.52 Å². The second-order valence-corrected chi connectivity index (χ2v) is 4.09. The fraction of sp³-hybridized carbons (Fsp3) is 0.143. The average Bonchev–Trinajstić information content (AvgIpc) is 2.58. The Bertz CT molecular complexity index is 357. The van der Waals surface area contributed by atoms with Gasteiger partial charge in [0, 0.05) is 16.8 Å². The zero-order chi connectivity index (χ0) is 8.55. The highest BCUT2D eigenvalue weighted by Gasteiger charge is 2.07. The molecule has 0 aliphatic heterocycles. The predicted molar refractivity (Wildman–Crippen MR) is 50.0 cm³/mol. The molecule has 3 nitrogen and oxygen atoms in total. The maximum absolute atomic E-state index is 4.86. The van der Waals surface area contributed by atoms with Gasteiger partial charge in [0.05, 0.1) is 4.88 Å². The lowest BCUT2D eigenvalue weighted by Crippen LogP contribution is -1.73. The maximum atomic E-state index is 4.86. The molecule has 0 aliphatic rings. The molecular weight excluding hydrogens is 240 g/mol. The van der Waals surface area contributed by atoms with Gasteiger partial charge in [-0.1, -0.05) is 5.16 Å². The highest BCUT2D eigenvalue weighted by molar-refractivity contribution is 9.10. The van der Waals surface area contributed by atoms with Gasteiger partial charge in [-0.15, -0.1) is 11.3 Å². The van der Waals surface area contributed by atoms with Gasteiger partial charge >= 0.3 is 0 Å². The van der Waals surface area contributed by atoms with E-state index in [0.717, 1.165) is 9.35 Å². The van der Waals surface area contributed by atoms with Crippen molar-refractivity contribution in [1.82, 2.24) is 10.1 Å². The van der Waals surface area contributed by atoms with Crippen molar-refractivity contribution >= 4 is 27.3 Å². The lowest BCUT2D eigenvalue weighted by Gasteiger charge is -1.81. The first kappa shape index (κ1) is 7.94. The van der Waals surface area contributed by atoms with Gasteiger partial charge in [0.25, 0.3) is 0 Å². The van der Waals surface area contributed by atoms with E-state index in [0.29, 0.717) is 11.7 Å². The Morgan fingerprint density at radius 1 is 1.58 bits per heavy atom. The molecule has 0 saturated carbocycles. The van der Waals surface area contributed by atoms with E-state index in [1.807, 2.05) is 11.4 Å². The zero-order valence-electron chi connectivity index (χ0n) is 6.24. The van der Waals surface area contributed by atoms with Crippen molar-refractivity contribution in [2.75, 3.05) is 0 Å². The van der Waals surface area contributed by atoms with Gasteiger partial charge in [-0.2, -0.15) is 4.98 Å². The Kier molecular flexibility index (Phi) is 1.98. The van der Waals surface area contributed by atoms with E-state index in [9.17, 15) is 0 Å². The van der Waals surface area contributed by atoms with Crippen LogP contribution in [0.5, 0.6) is 0 Å². The van der Waals surface area contributed by atoms with Gasteiger partial charge in [-0.3, -0.25) is 0 Å². The number of aryl methyl sites for hydroxylation is 1. The largest absolute Gasteiger partial charge is 0.339 e. The smallest absolute Gasteiger partial charge is 0.223 e. The molecule has 0 aromatic carbocycles. The Hall–Kier alpha value is -0.680. The van der Waals surface area contributed by atoms with Crippen LogP contribution in [0.3, 0.4) is 0 Å². The third-order valence-corrected chi connectivity index (χ3v) is 3.00. The Morgan fingerprint density at radius 3 is 2.92 bits per heavy atom. The van der Waals surface area contributed by atoms with Crippen LogP contribution < -0.4 is 0 Å². The monoisotopic (exact) mass is 244 g/mol. The summed E-state index contributed by atoms with van der Waals surface area (Å²) in [7, 11) is 0. The molecule has 0 N–H and O–H groups in total. The summed E-state index contributed by atoms with van der Waals surface area (Å²) in [4.78, 5) is 5.12. The molecule has 0 aliphatic carbocycles. The van der Waals surface area contributed by atoms with Crippen molar-refractivity contribution in [3.63, 3.8) is 0 Å². The number of aromatic nitrogens is 2. The van der Waals surface area contributed by atoms with Gasteiger partial charge in [-0.25, -0.2) is 0 Å². The first-order valence-electron chi connectivity index (χ1n) is 3.30. The van der Waals surface area contributed by atoms with Crippen LogP contribution in [0, 0.1) is 6.92 Å². The van der Waals surface area contributed by atoms with Gasteiger partial charge in [0.1, 0.15) is 0 Å². The molecule has 2 aromatic rings. The lowest BCUT2D eigenvalue weighted by atomic mass is 10.4. The van der Waals surface area contributed by atoms with E-state index in [1.165, 1.54) is 0 Å². The van der Waals surface area contributed by atoms with E-state index in [4.69, 9.17) is 4.52 Å². The highest BCUT2D eigenvalue weighted by Crippen LogP contribution is 2.27. The third-order valence-electron chi connectivity index (χ3n) is 1.32. The molecule has 2 aromatic heterocycles. The molecule has 0 amide bonds. The summed E-state index contributed by atoms with van der Waals surface area (Å²) >= 11 is 4.94. The van der Waals surface area contributed by atoms with Gasteiger partial charge in [0.2, 0.25) is 11.7 Å². The van der Waals surface area contributed by atoms with Crippen molar-refractivity contribution in [1.29, 1.82) is 0 Å². The van der Waals surface area contributed by atoms with Crippen molar-refractivity contribution in [3.8, 4) is 10.7 Å². The molecule has 62 valence electrons. The van der Waals surface area contributed by atoms with Crippen LogP contribution in [-0.4, -0.2) is 10.1 Å². The normalized spacial score (nSPS) is 10.5. The lowest BCUT2D eigenvalue weighted by molar-refractivity contribution is 0.394. The summed E-state index contributed by atoms with van der Waals surface area (Å²) in [6.45, 7) is 1.78. The quantitative estimate of drug-likeness (QED) is 0.775. The number of thiophene rings is 1. The van der Waals surface area contributed by atoms with Gasteiger partial charge in [0.15, 0.2) is 0 Å². The number of nitrogens with zero attached hydrogens (tertiary/aromatic N) is 2. The van der Waals surface area contributed by atoms with Gasteiger partial charge in [-0.05, 0) is 22.0 Å². The topological polar surface area (TPSA) is 38.9 Å². The van der Waals surface area contributed by atoms with Crippen LogP contribution in [0.2, 0.25) is 0 Å². The Labute approximate surface area is 81.5 Å². The first-order chi connectivity index (χ1) is 5.75. The van der Waals surface area contributed by atoms with Crippen LogP contribution in [-0.2, 0) is 0 Å². The summed E-state index contributed by atoms with van der Waals surface area (Å²) in [5.74, 6) is 1.25. The van der Waals surface area contributed by atoms with E-state index in [1.54, 1.807) is 18.3 Å². The minimum absolute atomic E-state index is 0.592. The first-order valence-corrected chi connectivity index (χ1v) is 4.98. The molecule has 0 saturated heterocycles. The Morgan fingerprint density at radius 2 is 2.42 bits per heavy atom. The van der Waals surface area contributed by atoms with E-state index in [2.05, 4.69) is 26.1 Å². The van der Waals surface area contributed by atoms with E-state index in [-0.39, 0.29) is 0 Å². The summed E-state index contributed by atoms with van der Waals surface area (Å²) in [6, 6.07) is 1.97. The van der Waals surface area contributed by atoms with Crippen LogP contribution in [0.15, 0.2) is 20.4 Å². The van der Waals surface area contributed by atoms with Crippen molar-refractivity contribution in [3.05, 3.63) is 21.8 Å². The molecule has 0 atom stereocenters. The summed E-state index contributed by atoms with van der Waals surface area (Å²) in [5, 5.41) is 5.79. The standard InChI is InChI=1S/C7H5BrN2OS/c1-4-9-7(10-11-4)6-2-5(8)3-12-6/h2-3H,1H3. The average molecular weight is 245 g/mol. The van der Waals surface area contributed by atoms with Crippen molar-refractivity contribution in [2.45, 2.75) is 6.92 Å². The Balaban J connectivity index is 2.43. The van der Waals surface area contributed by atoms with Crippen LogP contribution in [0.1, 0.15) is 5.89 Å². The van der Waals surface area contributed by atoms with E-state index < -0.39 is 0 Å². The molecule has 2 rings (SSSR count). The number of halogens is 1. The highest BCUT2D eigenvalue weighted by atomic mass is 79.9. The molecule has 0 spiro atoms. The van der Waals surface area contributed by atoms with Crippen LogP contribution in [0.4, 0.5) is 0 Å². The fourth-order valence-corrected chi connectivity index (χ4v) is 2.18. The molecule has 12 heavy (non-hydrogen) atoms. The summed E-state index contributed by atoms with van der Waals surface area (Å²) in [6.07, 6.45) is 0. The second kappa shape index (κ2) is 2.99. The maximum Gasteiger partial charge on any atom is 0.223 e. The van der Waals surface area contributed by atoms with Crippen molar-refractivity contribution < 1.29 is 4.52 Å².